The fraction of sp³-hybridized carbons (Fsp3) is 0.0588. The number of hydrogen-bond acceptors (Lipinski definition) is 0. The minimum absolute atomic E-state index is 1.24. The zero-order chi connectivity index (χ0) is 23.1. The lowest BCUT2D eigenvalue weighted by Gasteiger charge is -2.11. The molecule has 6 aromatic rings. The molecule has 6 aromatic carbocycles. The molecule has 0 heterocycles. The Kier molecular flexibility index (Phi) is 5.00. The van der Waals surface area contributed by atoms with E-state index in [1.54, 1.807) is 0 Å². The lowest BCUT2D eigenvalue weighted by atomic mass is 9.93. The highest BCUT2D eigenvalue weighted by atomic mass is 14.1. The third kappa shape index (κ3) is 3.49. The maximum absolute atomic E-state index is 2.24. The molecule has 0 amide bonds. The van der Waals surface area contributed by atoms with E-state index in [4.69, 9.17) is 0 Å². The molecule has 0 atom stereocenters. The van der Waals surface area contributed by atoms with Crippen LogP contribution in [0.4, 0.5) is 0 Å². The molecule has 0 unspecified atom stereocenters. The summed E-state index contributed by atoms with van der Waals surface area (Å²) < 4.78 is 0. The molecular weight excluding hydrogens is 408 g/mol. The topological polar surface area (TPSA) is 0 Å². The Balaban J connectivity index is 1.34. The largest absolute Gasteiger partial charge is 0.0616 e. The van der Waals surface area contributed by atoms with Crippen molar-refractivity contribution >= 4 is 21.5 Å². The van der Waals surface area contributed by atoms with Crippen LogP contribution >= 0.6 is 0 Å². The van der Waals surface area contributed by atoms with Crippen molar-refractivity contribution in [2.24, 2.45) is 0 Å². The molecule has 0 N–H and O–H groups in total. The van der Waals surface area contributed by atoms with E-state index in [2.05, 4.69) is 135 Å². The highest BCUT2D eigenvalue weighted by molar-refractivity contribution is 5.99. The van der Waals surface area contributed by atoms with E-state index in [1.165, 1.54) is 66.1 Å². The molecule has 0 fully saturated rings. The Bertz CT molecular complexity index is 1510. The summed E-state index contributed by atoms with van der Waals surface area (Å²) in [6, 6.07) is 44.2. The predicted octanol–water partition coefficient (Wildman–Crippen LogP) is 9.61. The number of benzene rings is 6. The van der Waals surface area contributed by atoms with E-state index in [9.17, 15) is 0 Å². The van der Waals surface area contributed by atoms with Gasteiger partial charge in [0.15, 0.2) is 0 Å². The lowest BCUT2D eigenvalue weighted by molar-refractivity contribution is 1.52. The molecule has 0 radical (unpaired) electrons. The Labute approximate surface area is 201 Å². The van der Waals surface area contributed by atoms with Crippen LogP contribution in [0.25, 0.3) is 54.9 Å². The van der Waals surface area contributed by atoms with E-state index in [-0.39, 0.29) is 0 Å². The molecule has 0 nitrogen and oxygen atoms in total. The fourth-order valence-corrected chi connectivity index (χ4v) is 5.09. The first-order valence-electron chi connectivity index (χ1n) is 11.9. The number of rotatable bonds is 3. The van der Waals surface area contributed by atoms with Crippen LogP contribution < -0.4 is 0 Å². The van der Waals surface area contributed by atoms with Crippen LogP contribution in [0.5, 0.6) is 0 Å². The number of fused-ring (bicyclic) bond motifs is 2. The van der Waals surface area contributed by atoms with Gasteiger partial charge in [-0.1, -0.05) is 121 Å². The standard InChI is InChI=1S/C34H26/c1-23-11-21-31(33-9-5-3-7-29(23)33)27-17-13-25(14-18-27)26-15-19-28(20-16-26)32-22-12-24(2)30-8-4-6-10-34(30)32/h3-22H,1-2H3. The highest BCUT2D eigenvalue weighted by Gasteiger charge is 2.08. The van der Waals surface area contributed by atoms with Crippen LogP contribution in [0, 0.1) is 13.8 Å². The van der Waals surface area contributed by atoms with Crippen molar-refractivity contribution in [1.29, 1.82) is 0 Å². The second-order valence-electron chi connectivity index (χ2n) is 9.11. The van der Waals surface area contributed by atoms with Gasteiger partial charge in [0.2, 0.25) is 0 Å². The smallest absolute Gasteiger partial charge is 0.0103 e. The second kappa shape index (κ2) is 8.32. The van der Waals surface area contributed by atoms with Gasteiger partial charge in [-0.25, -0.2) is 0 Å². The average molecular weight is 435 g/mol. The van der Waals surface area contributed by atoms with Crippen LogP contribution in [0.1, 0.15) is 11.1 Å². The van der Waals surface area contributed by atoms with Crippen molar-refractivity contribution in [1.82, 2.24) is 0 Å². The summed E-state index contributed by atoms with van der Waals surface area (Å²) in [4.78, 5) is 0. The van der Waals surface area contributed by atoms with Gasteiger partial charge in [-0.15, -0.1) is 0 Å². The van der Waals surface area contributed by atoms with Gasteiger partial charge in [-0.3, -0.25) is 0 Å². The van der Waals surface area contributed by atoms with Crippen molar-refractivity contribution in [3.8, 4) is 33.4 Å². The third-order valence-electron chi connectivity index (χ3n) is 7.01. The van der Waals surface area contributed by atoms with Crippen LogP contribution in [0.3, 0.4) is 0 Å². The monoisotopic (exact) mass is 434 g/mol. The van der Waals surface area contributed by atoms with Gasteiger partial charge >= 0.3 is 0 Å². The molecule has 0 saturated heterocycles. The summed E-state index contributed by atoms with van der Waals surface area (Å²) in [7, 11) is 0. The lowest BCUT2D eigenvalue weighted by Crippen LogP contribution is -1.86. The molecule has 162 valence electrons. The Morgan fingerprint density at radius 1 is 0.294 bits per heavy atom. The van der Waals surface area contributed by atoms with E-state index in [0.29, 0.717) is 0 Å². The zero-order valence-electron chi connectivity index (χ0n) is 19.5. The van der Waals surface area contributed by atoms with Gasteiger partial charge in [0.05, 0.1) is 0 Å². The van der Waals surface area contributed by atoms with Crippen LogP contribution in [0.15, 0.2) is 121 Å². The fourth-order valence-electron chi connectivity index (χ4n) is 5.09. The average Bonchev–Trinajstić information content (AvgIpc) is 2.90. The molecule has 0 spiro atoms. The zero-order valence-corrected chi connectivity index (χ0v) is 19.5. The molecular formula is C34H26. The quantitative estimate of drug-likeness (QED) is 0.260. The molecule has 0 bridgehead atoms. The maximum Gasteiger partial charge on any atom is -0.0103 e. The maximum atomic E-state index is 2.24. The first kappa shape index (κ1) is 20.4. The summed E-state index contributed by atoms with van der Waals surface area (Å²) in [5.41, 5.74) is 10.2. The first-order valence-corrected chi connectivity index (χ1v) is 11.9. The van der Waals surface area contributed by atoms with Crippen LogP contribution in [-0.4, -0.2) is 0 Å². The SMILES string of the molecule is Cc1ccc(-c2ccc(-c3ccc(-c4ccc(C)c5ccccc45)cc3)cc2)c2ccccc12. The number of aryl methyl sites for hydroxylation is 2. The minimum Gasteiger partial charge on any atom is -0.0616 e. The van der Waals surface area contributed by atoms with Crippen molar-refractivity contribution in [2.45, 2.75) is 13.8 Å². The summed E-state index contributed by atoms with van der Waals surface area (Å²) in [6.45, 7) is 4.36. The summed E-state index contributed by atoms with van der Waals surface area (Å²) in [5, 5.41) is 5.27. The molecule has 6 rings (SSSR count). The van der Waals surface area contributed by atoms with E-state index in [0.717, 1.165) is 0 Å². The molecule has 0 aliphatic carbocycles. The molecule has 0 aromatic heterocycles. The predicted molar refractivity (Wildman–Crippen MR) is 147 cm³/mol. The third-order valence-corrected chi connectivity index (χ3v) is 7.01. The van der Waals surface area contributed by atoms with Crippen molar-refractivity contribution in [3.63, 3.8) is 0 Å². The first-order chi connectivity index (χ1) is 16.7. The van der Waals surface area contributed by atoms with Crippen molar-refractivity contribution < 1.29 is 0 Å². The molecule has 34 heavy (non-hydrogen) atoms. The summed E-state index contributed by atoms with van der Waals surface area (Å²) >= 11 is 0. The Morgan fingerprint density at radius 2 is 0.618 bits per heavy atom. The Morgan fingerprint density at radius 3 is 1.00 bits per heavy atom. The Hall–Kier alpha value is -4.16. The number of hydrogen-bond donors (Lipinski definition) is 0. The van der Waals surface area contributed by atoms with E-state index < -0.39 is 0 Å². The van der Waals surface area contributed by atoms with Gasteiger partial charge in [0.25, 0.3) is 0 Å². The second-order valence-corrected chi connectivity index (χ2v) is 9.11. The van der Waals surface area contributed by atoms with Crippen molar-refractivity contribution in [2.75, 3.05) is 0 Å². The van der Waals surface area contributed by atoms with Gasteiger partial charge in [-0.2, -0.15) is 0 Å². The summed E-state index contributed by atoms with van der Waals surface area (Å²) in [6.07, 6.45) is 0. The minimum atomic E-state index is 1.24. The molecule has 0 saturated carbocycles. The van der Waals surface area contributed by atoms with Crippen LogP contribution in [0.2, 0.25) is 0 Å². The van der Waals surface area contributed by atoms with E-state index in [1.807, 2.05) is 0 Å². The van der Waals surface area contributed by atoms with Gasteiger partial charge in [-0.05, 0) is 79.9 Å². The van der Waals surface area contributed by atoms with E-state index >= 15 is 0 Å². The molecule has 0 aliphatic rings. The summed E-state index contributed by atoms with van der Waals surface area (Å²) in [5.74, 6) is 0. The van der Waals surface area contributed by atoms with Crippen molar-refractivity contribution in [3.05, 3.63) is 132 Å². The van der Waals surface area contributed by atoms with Gasteiger partial charge in [0.1, 0.15) is 0 Å². The van der Waals surface area contributed by atoms with Gasteiger partial charge in [0, 0.05) is 0 Å². The normalized spacial score (nSPS) is 11.2. The molecule has 0 heteroatoms. The van der Waals surface area contributed by atoms with Crippen LogP contribution in [-0.2, 0) is 0 Å². The molecule has 0 aliphatic heterocycles. The van der Waals surface area contributed by atoms with Gasteiger partial charge < -0.3 is 0 Å². The highest BCUT2D eigenvalue weighted by Crippen LogP contribution is 2.34.